The van der Waals surface area contributed by atoms with E-state index in [2.05, 4.69) is 6.08 Å². The molecule has 0 amide bonds. The number of rotatable bonds is 2. The molecule has 0 saturated heterocycles. The van der Waals surface area contributed by atoms with E-state index in [0.29, 0.717) is 6.42 Å². The Morgan fingerprint density at radius 1 is 1.33 bits per heavy atom. The molecule has 0 saturated carbocycles. The van der Waals surface area contributed by atoms with Crippen LogP contribution in [0.3, 0.4) is 0 Å². The summed E-state index contributed by atoms with van der Waals surface area (Å²) in [5, 5.41) is 8.97. The molecule has 1 aliphatic rings. The number of aromatic nitrogens is 1. The van der Waals surface area contributed by atoms with Crippen molar-refractivity contribution in [1.29, 1.82) is 0 Å². The maximum Gasteiger partial charge on any atom is 0.307 e. The molecule has 0 fully saturated rings. The second kappa shape index (κ2) is 4.26. The first-order valence-corrected chi connectivity index (χ1v) is 5.16. The number of hydrogen-bond donors (Lipinski definition) is 1. The molecule has 1 aromatic heterocycles. The van der Waals surface area contributed by atoms with Gasteiger partial charge in [0.1, 0.15) is 0 Å². The minimum absolute atomic E-state index is 0.224. The monoisotopic (exact) mass is 204 g/mol. The second-order valence-electron chi connectivity index (χ2n) is 3.79. The maximum atomic E-state index is 10.9. The van der Waals surface area contributed by atoms with Crippen LogP contribution in [0.1, 0.15) is 19.3 Å². The van der Waals surface area contributed by atoms with Gasteiger partial charge in [-0.15, -0.1) is 0 Å². The largest absolute Gasteiger partial charge is 0.481 e. The third-order valence-electron chi connectivity index (χ3n) is 2.75. The van der Waals surface area contributed by atoms with Gasteiger partial charge in [0, 0.05) is 18.6 Å². The van der Waals surface area contributed by atoms with Crippen LogP contribution in [0.15, 0.2) is 36.7 Å². The van der Waals surface area contributed by atoms with Crippen molar-refractivity contribution in [3.8, 4) is 0 Å². The average Bonchev–Trinajstić information content (AvgIpc) is 2.30. The molecule has 1 aromatic rings. The number of nitrogens with zero attached hydrogens (tertiary/aromatic N) is 1. The average molecular weight is 204 g/mol. The number of aliphatic carboxylic acids is 1. The molecular weight excluding hydrogens is 190 g/mol. The highest BCUT2D eigenvalue weighted by Crippen LogP contribution is 2.23. The summed E-state index contributed by atoms with van der Waals surface area (Å²) in [6.07, 6.45) is 8.27. The molecule has 0 aromatic carbocycles. The molecule has 78 valence electrons. The van der Waals surface area contributed by atoms with Gasteiger partial charge in [0.2, 0.25) is 0 Å². The summed E-state index contributed by atoms with van der Waals surface area (Å²) in [6.45, 7) is 0. The van der Waals surface area contributed by atoms with E-state index in [0.717, 1.165) is 18.5 Å². The van der Waals surface area contributed by atoms with Gasteiger partial charge in [-0.2, -0.15) is 4.57 Å². The van der Waals surface area contributed by atoms with Crippen molar-refractivity contribution >= 4 is 11.7 Å². The van der Waals surface area contributed by atoms with Crippen molar-refractivity contribution in [2.75, 3.05) is 0 Å². The zero-order valence-electron chi connectivity index (χ0n) is 8.47. The Kier molecular flexibility index (Phi) is 2.81. The molecule has 0 spiro atoms. The molecule has 1 aliphatic carbocycles. The van der Waals surface area contributed by atoms with Crippen molar-refractivity contribution in [2.24, 2.45) is 5.92 Å². The molecule has 1 heterocycles. The summed E-state index contributed by atoms with van der Waals surface area (Å²) in [5.41, 5.74) is 1.09. The van der Waals surface area contributed by atoms with Gasteiger partial charge in [-0.3, -0.25) is 4.79 Å². The Bertz CT molecular complexity index is 384. The maximum absolute atomic E-state index is 10.9. The predicted octanol–water partition coefficient (Wildman–Crippen LogP) is 1.70. The van der Waals surface area contributed by atoms with E-state index >= 15 is 0 Å². The highest BCUT2D eigenvalue weighted by molar-refractivity contribution is 5.72. The SMILES string of the molecule is O=C(O)C1CCC=C([n+]2ccccc2)C1. The number of pyridine rings is 1. The van der Waals surface area contributed by atoms with Gasteiger partial charge in [0.15, 0.2) is 18.1 Å². The van der Waals surface area contributed by atoms with Crippen LogP contribution in [0.5, 0.6) is 0 Å². The lowest BCUT2D eigenvalue weighted by atomic mass is 9.92. The summed E-state index contributed by atoms with van der Waals surface area (Å²) in [5.74, 6) is -0.908. The minimum atomic E-state index is -0.683. The molecule has 3 heteroatoms. The van der Waals surface area contributed by atoms with Crippen LogP contribution in [0, 0.1) is 5.92 Å². The standard InChI is InChI=1S/C12H13NO2/c14-12(15)10-5-4-6-11(9-10)13-7-2-1-3-8-13/h1-3,6-8,10H,4-5,9H2/p+1. The van der Waals surface area contributed by atoms with Crippen LogP contribution in [0.2, 0.25) is 0 Å². The summed E-state index contributed by atoms with van der Waals surface area (Å²) in [7, 11) is 0. The van der Waals surface area contributed by atoms with E-state index in [1.807, 2.05) is 35.2 Å². The highest BCUT2D eigenvalue weighted by Gasteiger charge is 2.26. The number of allylic oxidation sites excluding steroid dienone is 2. The highest BCUT2D eigenvalue weighted by atomic mass is 16.4. The van der Waals surface area contributed by atoms with Crippen molar-refractivity contribution in [3.05, 3.63) is 36.7 Å². The summed E-state index contributed by atoms with van der Waals surface area (Å²) in [4.78, 5) is 10.9. The fourth-order valence-electron chi connectivity index (χ4n) is 1.90. The lowest BCUT2D eigenvalue weighted by Crippen LogP contribution is -2.34. The normalized spacial score (nSPS) is 20.8. The third kappa shape index (κ3) is 2.24. The zero-order chi connectivity index (χ0) is 10.7. The van der Waals surface area contributed by atoms with Gasteiger partial charge >= 0.3 is 5.97 Å². The minimum Gasteiger partial charge on any atom is -0.481 e. The van der Waals surface area contributed by atoms with E-state index in [9.17, 15) is 4.79 Å². The van der Waals surface area contributed by atoms with E-state index in [-0.39, 0.29) is 5.92 Å². The van der Waals surface area contributed by atoms with Gasteiger partial charge in [-0.05, 0) is 18.9 Å². The van der Waals surface area contributed by atoms with Crippen LogP contribution < -0.4 is 4.57 Å². The van der Waals surface area contributed by atoms with Crippen LogP contribution in [0.25, 0.3) is 5.70 Å². The predicted molar refractivity (Wildman–Crippen MR) is 55.9 cm³/mol. The van der Waals surface area contributed by atoms with E-state index in [4.69, 9.17) is 5.11 Å². The molecule has 0 aliphatic heterocycles. The molecule has 15 heavy (non-hydrogen) atoms. The van der Waals surface area contributed by atoms with Crippen molar-refractivity contribution in [3.63, 3.8) is 0 Å². The number of hydrogen-bond acceptors (Lipinski definition) is 1. The Balaban J connectivity index is 2.18. The quantitative estimate of drug-likeness (QED) is 0.745. The molecular formula is C12H14NO2+. The van der Waals surface area contributed by atoms with Gasteiger partial charge < -0.3 is 5.11 Å². The molecule has 1 atom stereocenters. The Morgan fingerprint density at radius 3 is 2.73 bits per heavy atom. The molecule has 2 rings (SSSR count). The first-order valence-electron chi connectivity index (χ1n) is 5.16. The summed E-state index contributed by atoms with van der Waals surface area (Å²) < 4.78 is 2.00. The van der Waals surface area contributed by atoms with Gasteiger partial charge in [0.25, 0.3) is 0 Å². The fraction of sp³-hybridized carbons (Fsp3) is 0.333. The molecule has 3 nitrogen and oxygen atoms in total. The van der Waals surface area contributed by atoms with Crippen LogP contribution in [-0.2, 0) is 4.79 Å². The number of carboxylic acids is 1. The fourth-order valence-corrected chi connectivity index (χ4v) is 1.90. The van der Waals surface area contributed by atoms with Gasteiger partial charge in [-0.25, -0.2) is 0 Å². The van der Waals surface area contributed by atoms with Crippen molar-refractivity contribution in [2.45, 2.75) is 19.3 Å². The van der Waals surface area contributed by atoms with E-state index < -0.39 is 5.97 Å². The lowest BCUT2D eigenvalue weighted by molar-refractivity contribution is -0.584. The molecule has 0 bridgehead atoms. The van der Waals surface area contributed by atoms with Crippen LogP contribution in [-0.4, -0.2) is 11.1 Å². The first kappa shape index (κ1) is 9.90. The molecule has 0 radical (unpaired) electrons. The smallest absolute Gasteiger partial charge is 0.307 e. The Hall–Kier alpha value is -1.64. The third-order valence-corrected chi connectivity index (χ3v) is 2.75. The second-order valence-corrected chi connectivity index (χ2v) is 3.79. The van der Waals surface area contributed by atoms with Crippen molar-refractivity contribution in [1.82, 2.24) is 0 Å². The van der Waals surface area contributed by atoms with Gasteiger partial charge in [0.05, 0.1) is 5.92 Å². The Morgan fingerprint density at radius 2 is 2.07 bits per heavy atom. The number of carbonyl (C=O) groups is 1. The first-order chi connectivity index (χ1) is 7.27. The molecule has 1 N–H and O–H groups in total. The van der Waals surface area contributed by atoms with Gasteiger partial charge in [-0.1, -0.05) is 6.07 Å². The topological polar surface area (TPSA) is 41.2 Å². The van der Waals surface area contributed by atoms with E-state index in [1.54, 1.807) is 0 Å². The molecule has 1 unspecified atom stereocenters. The summed E-state index contributed by atoms with van der Waals surface area (Å²) in [6, 6.07) is 5.85. The number of carboxylic acid groups (broad SMARTS) is 1. The van der Waals surface area contributed by atoms with Crippen molar-refractivity contribution < 1.29 is 14.5 Å². The zero-order valence-corrected chi connectivity index (χ0v) is 8.47. The lowest BCUT2D eigenvalue weighted by Gasteiger charge is -2.14. The van der Waals surface area contributed by atoms with Crippen LogP contribution in [0.4, 0.5) is 0 Å². The van der Waals surface area contributed by atoms with Crippen LogP contribution >= 0.6 is 0 Å². The summed E-state index contributed by atoms with van der Waals surface area (Å²) >= 11 is 0. The van der Waals surface area contributed by atoms with E-state index in [1.165, 1.54) is 0 Å². The Labute approximate surface area is 88.7 Å².